The highest BCUT2D eigenvalue weighted by Crippen LogP contribution is 2.33. The first kappa shape index (κ1) is 10.4. The summed E-state index contributed by atoms with van der Waals surface area (Å²) in [4.78, 5) is 0. The highest BCUT2D eigenvalue weighted by atomic mass is 79.9. The highest BCUT2D eigenvalue weighted by molar-refractivity contribution is 9.10. The summed E-state index contributed by atoms with van der Waals surface area (Å²) in [5, 5.41) is 6.49. The van der Waals surface area contributed by atoms with Crippen LogP contribution in [0.4, 0.5) is 8.78 Å². The number of ether oxygens (including phenoxy) is 1. The number of nitrogens with one attached hydrogen (secondary N) is 1. The van der Waals surface area contributed by atoms with Gasteiger partial charge in [0.05, 0.1) is 7.11 Å². The zero-order valence-corrected chi connectivity index (χ0v) is 9.31. The van der Waals surface area contributed by atoms with Gasteiger partial charge in [-0.2, -0.15) is 5.10 Å². The van der Waals surface area contributed by atoms with Crippen LogP contribution in [0.25, 0.3) is 10.9 Å². The Labute approximate surface area is 92.6 Å². The lowest BCUT2D eigenvalue weighted by Gasteiger charge is -2.02. The van der Waals surface area contributed by atoms with Crippen LogP contribution in [0.3, 0.4) is 0 Å². The van der Waals surface area contributed by atoms with Crippen molar-refractivity contribution < 1.29 is 13.5 Å². The van der Waals surface area contributed by atoms with E-state index in [1.807, 2.05) is 0 Å². The zero-order valence-electron chi connectivity index (χ0n) is 7.72. The van der Waals surface area contributed by atoms with Gasteiger partial charge >= 0.3 is 0 Å². The number of benzene rings is 1. The molecular weight excluding hydrogens is 270 g/mol. The van der Waals surface area contributed by atoms with Gasteiger partial charge in [-0.15, -0.1) is 0 Å². The molecule has 3 nitrogen and oxygen atoms in total. The summed E-state index contributed by atoms with van der Waals surface area (Å²) in [5.74, 6) is 0.461. The number of aromatic amines is 1. The Kier molecular flexibility index (Phi) is 2.60. The van der Waals surface area contributed by atoms with Crippen LogP contribution < -0.4 is 4.74 Å². The average molecular weight is 277 g/mol. The van der Waals surface area contributed by atoms with Crippen molar-refractivity contribution in [3.05, 3.63) is 22.3 Å². The van der Waals surface area contributed by atoms with Crippen LogP contribution in [0.1, 0.15) is 12.1 Å². The predicted octanol–water partition coefficient (Wildman–Crippen LogP) is 3.27. The van der Waals surface area contributed by atoms with Crippen molar-refractivity contribution in [2.75, 3.05) is 7.11 Å². The summed E-state index contributed by atoms with van der Waals surface area (Å²) in [7, 11) is 1.47. The molecular formula is C9H7BrF2N2O. The third-order valence-corrected chi connectivity index (χ3v) is 2.51. The molecule has 0 saturated carbocycles. The van der Waals surface area contributed by atoms with Gasteiger partial charge in [0, 0.05) is 9.86 Å². The van der Waals surface area contributed by atoms with Gasteiger partial charge in [-0.1, -0.05) is 15.9 Å². The number of aromatic nitrogens is 2. The third kappa shape index (κ3) is 1.69. The van der Waals surface area contributed by atoms with Crippen LogP contribution in [-0.4, -0.2) is 17.3 Å². The van der Waals surface area contributed by atoms with Gasteiger partial charge in [0.15, 0.2) is 0 Å². The van der Waals surface area contributed by atoms with Crippen LogP contribution in [0.5, 0.6) is 5.75 Å². The van der Waals surface area contributed by atoms with Crippen molar-refractivity contribution in [1.29, 1.82) is 0 Å². The smallest absolute Gasteiger partial charge is 0.280 e. The highest BCUT2D eigenvalue weighted by Gasteiger charge is 2.17. The molecule has 0 saturated heterocycles. The monoisotopic (exact) mass is 276 g/mol. The van der Waals surface area contributed by atoms with Crippen molar-refractivity contribution in [3.8, 4) is 5.75 Å². The first-order valence-electron chi connectivity index (χ1n) is 4.13. The standard InChI is InChI=1S/C9H7BrF2N2O/c1-15-6-3-4(10)2-5-7(6)13-14-8(5)9(11)12/h2-3,9H,1H3,(H,13,14). The van der Waals surface area contributed by atoms with Crippen molar-refractivity contribution in [3.63, 3.8) is 0 Å². The second-order valence-electron chi connectivity index (χ2n) is 2.94. The molecule has 0 aliphatic carbocycles. The molecule has 0 amide bonds. The molecule has 1 aromatic heterocycles. The van der Waals surface area contributed by atoms with Crippen molar-refractivity contribution in [2.24, 2.45) is 0 Å². The van der Waals surface area contributed by atoms with E-state index in [0.29, 0.717) is 21.1 Å². The number of nitrogens with zero attached hydrogens (tertiary/aromatic N) is 1. The van der Waals surface area contributed by atoms with Gasteiger partial charge in [-0.05, 0) is 12.1 Å². The lowest BCUT2D eigenvalue weighted by atomic mass is 10.2. The maximum atomic E-state index is 12.6. The summed E-state index contributed by atoms with van der Waals surface area (Å²) < 4.78 is 30.9. The predicted molar refractivity (Wildman–Crippen MR) is 55.3 cm³/mol. The molecule has 0 aliphatic rings. The van der Waals surface area contributed by atoms with Gasteiger partial charge in [0.25, 0.3) is 6.43 Å². The van der Waals surface area contributed by atoms with Gasteiger partial charge in [-0.3, -0.25) is 5.10 Å². The molecule has 2 aromatic rings. The van der Waals surface area contributed by atoms with Crippen LogP contribution in [-0.2, 0) is 0 Å². The molecule has 15 heavy (non-hydrogen) atoms. The molecule has 1 N–H and O–H groups in total. The fourth-order valence-electron chi connectivity index (χ4n) is 1.39. The molecule has 0 aliphatic heterocycles. The largest absolute Gasteiger partial charge is 0.494 e. The summed E-state index contributed by atoms with van der Waals surface area (Å²) in [5.41, 5.74) is 0.223. The van der Waals surface area contributed by atoms with Crippen LogP contribution >= 0.6 is 15.9 Å². The molecule has 1 aromatic carbocycles. The first-order chi connectivity index (χ1) is 7.13. The van der Waals surface area contributed by atoms with E-state index in [2.05, 4.69) is 26.1 Å². The minimum atomic E-state index is -2.57. The zero-order chi connectivity index (χ0) is 11.0. The minimum Gasteiger partial charge on any atom is -0.494 e. The number of H-pyrrole nitrogens is 1. The topological polar surface area (TPSA) is 37.9 Å². The van der Waals surface area contributed by atoms with Gasteiger partial charge in [0.1, 0.15) is 17.0 Å². The normalized spacial score (nSPS) is 11.3. The fraction of sp³-hybridized carbons (Fsp3) is 0.222. The number of alkyl halides is 2. The molecule has 0 spiro atoms. The number of halogens is 3. The average Bonchev–Trinajstić information content (AvgIpc) is 2.59. The Bertz CT molecular complexity index is 498. The van der Waals surface area contributed by atoms with Crippen LogP contribution in [0, 0.1) is 0 Å². The van der Waals surface area contributed by atoms with E-state index in [9.17, 15) is 8.78 Å². The number of hydrogen-bond acceptors (Lipinski definition) is 2. The van der Waals surface area contributed by atoms with Gasteiger partial charge in [-0.25, -0.2) is 8.78 Å². The van der Waals surface area contributed by atoms with E-state index < -0.39 is 6.43 Å². The van der Waals surface area contributed by atoms with Gasteiger partial charge < -0.3 is 4.74 Å². The summed E-state index contributed by atoms with van der Waals surface area (Å²) >= 11 is 3.23. The molecule has 0 radical (unpaired) electrons. The number of hydrogen-bond donors (Lipinski definition) is 1. The van der Waals surface area contributed by atoms with Crippen LogP contribution in [0.2, 0.25) is 0 Å². The molecule has 1 heterocycles. The van der Waals surface area contributed by atoms with E-state index >= 15 is 0 Å². The summed E-state index contributed by atoms with van der Waals surface area (Å²) in [6, 6.07) is 3.27. The molecule has 6 heteroatoms. The Morgan fingerprint density at radius 3 is 2.80 bits per heavy atom. The Morgan fingerprint density at radius 1 is 1.47 bits per heavy atom. The van der Waals surface area contributed by atoms with E-state index in [-0.39, 0.29) is 5.69 Å². The Morgan fingerprint density at radius 2 is 2.20 bits per heavy atom. The molecule has 0 unspecified atom stereocenters. The molecule has 0 atom stereocenters. The van der Waals surface area contributed by atoms with Gasteiger partial charge in [0.2, 0.25) is 0 Å². The van der Waals surface area contributed by atoms with E-state index in [1.54, 1.807) is 12.1 Å². The lowest BCUT2D eigenvalue weighted by Crippen LogP contribution is -1.86. The quantitative estimate of drug-likeness (QED) is 0.914. The lowest BCUT2D eigenvalue weighted by molar-refractivity contribution is 0.147. The number of rotatable bonds is 2. The Hall–Kier alpha value is -1.17. The second kappa shape index (κ2) is 3.77. The Balaban J connectivity index is 2.75. The number of methoxy groups -OCH3 is 1. The van der Waals surface area contributed by atoms with Crippen molar-refractivity contribution in [1.82, 2.24) is 10.2 Å². The fourth-order valence-corrected chi connectivity index (χ4v) is 1.83. The van der Waals surface area contributed by atoms with Crippen LogP contribution in [0.15, 0.2) is 16.6 Å². The van der Waals surface area contributed by atoms with E-state index in [4.69, 9.17) is 4.74 Å². The molecule has 0 bridgehead atoms. The maximum absolute atomic E-state index is 12.6. The van der Waals surface area contributed by atoms with Crippen molar-refractivity contribution >= 4 is 26.8 Å². The van der Waals surface area contributed by atoms with E-state index in [1.165, 1.54) is 7.11 Å². The molecule has 80 valence electrons. The first-order valence-corrected chi connectivity index (χ1v) is 4.92. The second-order valence-corrected chi connectivity index (χ2v) is 3.86. The summed E-state index contributed by atoms with van der Waals surface area (Å²) in [6.07, 6.45) is -2.57. The third-order valence-electron chi connectivity index (χ3n) is 2.06. The van der Waals surface area contributed by atoms with Crippen molar-refractivity contribution in [2.45, 2.75) is 6.43 Å². The van der Waals surface area contributed by atoms with E-state index in [0.717, 1.165) is 0 Å². The maximum Gasteiger partial charge on any atom is 0.280 e. The molecule has 2 rings (SSSR count). The molecule has 0 fully saturated rings. The summed E-state index contributed by atoms with van der Waals surface area (Å²) in [6.45, 7) is 0. The SMILES string of the molecule is COc1cc(Br)cc2c(C(F)F)[nH]nc12. The minimum absolute atomic E-state index is 0.190. The number of fused-ring (bicyclic) bond motifs is 1.